The van der Waals surface area contributed by atoms with Crippen molar-refractivity contribution in [3.63, 3.8) is 0 Å². The number of hydrogen-bond donors (Lipinski definition) is 1. The fourth-order valence-electron chi connectivity index (χ4n) is 2.91. The first-order valence-electron chi connectivity index (χ1n) is 7.52. The van der Waals surface area contributed by atoms with Gasteiger partial charge in [0.05, 0.1) is 6.54 Å². The number of nitrogens with zero attached hydrogens (tertiary/aromatic N) is 2. The molecule has 6 heteroatoms. The SMILES string of the molecule is CCN(CC(=O)O)C1CCN(C(=O)c2cccc(Cl)c2)CC1. The second-order valence-electron chi connectivity index (χ2n) is 5.49. The van der Waals surface area contributed by atoms with Crippen molar-refractivity contribution >= 4 is 23.5 Å². The number of hydrogen-bond acceptors (Lipinski definition) is 3. The number of likely N-dealkylation sites (tertiary alicyclic amines) is 1. The summed E-state index contributed by atoms with van der Waals surface area (Å²) >= 11 is 5.93. The van der Waals surface area contributed by atoms with Crippen LogP contribution in [-0.4, -0.2) is 59.0 Å². The zero-order valence-corrected chi connectivity index (χ0v) is 13.4. The van der Waals surface area contributed by atoms with Gasteiger partial charge in [-0.3, -0.25) is 14.5 Å². The van der Waals surface area contributed by atoms with E-state index in [9.17, 15) is 9.59 Å². The van der Waals surface area contributed by atoms with Gasteiger partial charge in [0.25, 0.3) is 5.91 Å². The highest BCUT2D eigenvalue weighted by molar-refractivity contribution is 6.30. The predicted molar refractivity (Wildman–Crippen MR) is 85.3 cm³/mol. The van der Waals surface area contributed by atoms with Crippen molar-refractivity contribution in [2.45, 2.75) is 25.8 Å². The fourth-order valence-corrected chi connectivity index (χ4v) is 3.10. The number of rotatable bonds is 5. The van der Waals surface area contributed by atoms with Gasteiger partial charge in [-0.15, -0.1) is 0 Å². The molecule has 120 valence electrons. The summed E-state index contributed by atoms with van der Waals surface area (Å²) in [5, 5.41) is 9.50. The Hall–Kier alpha value is -1.59. The minimum absolute atomic E-state index is 0.0118. The van der Waals surface area contributed by atoms with Crippen molar-refractivity contribution in [3.05, 3.63) is 34.9 Å². The first kappa shape index (κ1) is 16.8. The summed E-state index contributed by atoms with van der Waals surface area (Å²) in [5.74, 6) is -0.818. The number of likely N-dealkylation sites (N-methyl/N-ethyl adjacent to an activating group) is 1. The van der Waals surface area contributed by atoms with E-state index < -0.39 is 5.97 Å². The number of carboxylic acids is 1. The molecule has 1 aromatic rings. The van der Waals surface area contributed by atoms with Crippen molar-refractivity contribution in [1.82, 2.24) is 9.80 Å². The first-order chi connectivity index (χ1) is 10.5. The van der Waals surface area contributed by atoms with E-state index in [0.717, 1.165) is 12.8 Å². The van der Waals surface area contributed by atoms with E-state index in [4.69, 9.17) is 16.7 Å². The van der Waals surface area contributed by atoms with Gasteiger partial charge in [0.1, 0.15) is 0 Å². The lowest BCUT2D eigenvalue weighted by Gasteiger charge is -2.37. The van der Waals surface area contributed by atoms with Crippen LogP contribution in [0, 0.1) is 0 Å². The maximum absolute atomic E-state index is 12.4. The molecule has 1 heterocycles. The molecule has 0 bridgehead atoms. The number of carbonyl (C=O) groups is 2. The maximum atomic E-state index is 12.4. The van der Waals surface area contributed by atoms with Crippen LogP contribution in [0.4, 0.5) is 0 Å². The van der Waals surface area contributed by atoms with E-state index in [-0.39, 0.29) is 18.5 Å². The minimum atomic E-state index is -0.806. The number of halogens is 1. The quantitative estimate of drug-likeness (QED) is 0.903. The Bertz CT molecular complexity index is 542. The van der Waals surface area contributed by atoms with Crippen LogP contribution >= 0.6 is 11.6 Å². The average molecular weight is 325 g/mol. The van der Waals surface area contributed by atoms with E-state index in [1.807, 2.05) is 16.7 Å². The molecule has 1 saturated heterocycles. The molecule has 0 radical (unpaired) electrons. The Balaban J connectivity index is 1.94. The highest BCUT2D eigenvalue weighted by Gasteiger charge is 2.27. The molecule has 0 aliphatic carbocycles. The molecule has 22 heavy (non-hydrogen) atoms. The Labute approximate surface area is 135 Å². The summed E-state index contributed by atoms with van der Waals surface area (Å²) in [4.78, 5) is 27.1. The topological polar surface area (TPSA) is 60.9 Å². The molecule has 2 rings (SSSR count). The largest absolute Gasteiger partial charge is 0.480 e. The predicted octanol–water partition coefficient (Wildman–Crippen LogP) is 2.35. The molecular formula is C16H21ClN2O3. The van der Waals surface area contributed by atoms with Gasteiger partial charge in [0, 0.05) is 29.7 Å². The minimum Gasteiger partial charge on any atom is -0.480 e. The molecule has 0 saturated carbocycles. The van der Waals surface area contributed by atoms with Crippen LogP contribution in [-0.2, 0) is 4.79 Å². The average Bonchev–Trinajstić information content (AvgIpc) is 2.52. The first-order valence-corrected chi connectivity index (χ1v) is 7.89. The molecule has 0 atom stereocenters. The van der Waals surface area contributed by atoms with Gasteiger partial charge in [-0.2, -0.15) is 0 Å². The molecule has 1 aliphatic heterocycles. The van der Waals surface area contributed by atoms with Crippen LogP contribution < -0.4 is 0 Å². The van der Waals surface area contributed by atoms with Crippen molar-refractivity contribution < 1.29 is 14.7 Å². The molecule has 0 spiro atoms. The van der Waals surface area contributed by atoms with Crippen LogP contribution in [0.3, 0.4) is 0 Å². The van der Waals surface area contributed by atoms with Crippen LogP contribution in [0.1, 0.15) is 30.1 Å². The third-order valence-electron chi connectivity index (χ3n) is 4.08. The molecule has 0 unspecified atom stereocenters. The Morgan fingerprint density at radius 2 is 2.05 bits per heavy atom. The van der Waals surface area contributed by atoms with E-state index in [2.05, 4.69) is 0 Å². The van der Waals surface area contributed by atoms with Gasteiger partial charge in [0.15, 0.2) is 0 Å². The molecule has 1 amide bonds. The van der Waals surface area contributed by atoms with Gasteiger partial charge in [-0.25, -0.2) is 0 Å². The van der Waals surface area contributed by atoms with Crippen molar-refractivity contribution in [3.8, 4) is 0 Å². The summed E-state index contributed by atoms with van der Waals surface area (Å²) in [7, 11) is 0. The Morgan fingerprint density at radius 3 is 2.59 bits per heavy atom. The molecule has 1 aliphatic rings. The molecule has 1 fully saturated rings. The zero-order chi connectivity index (χ0) is 16.1. The molecular weight excluding hydrogens is 304 g/mol. The van der Waals surface area contributed by atoms with Gasteiger partial charge < -0.3 is 10.0 Å². The van der Waals surface area contributed by atoms with E-state index in [1.165, 1.54) is 0 Å². The summed E-state index contributed by atoms with van der Waals surface area (Å²) in [6.07, 6.45) is 1.60. The number of aliphatic carboxylic acids is 1. The van der Waals surface area contributed by atoms with Gasteiger partial charge in [-0.1, -0.05) is 24.6 Å². The monoisotopic (exact) mass is 324 g/mol. The molecule has 5 nitrogen and oxygen atoms in total. The van der Waals surface area contributed by atoms with Crippen molar-refractivity contribution in [1.29, 1.82) is 0 Å². The van der Waals surface area contributed by atoms with E-state index in [1.54, 1.807) is 24.3 Å². The third kappa shape index (κ3) is 4.21. The van der Waals surface area contributed by atoms with Crippen molar-refractivity contribution in [2.75, 3.05) is 26.2 Å². The van der Waals surface area contributed by atoms with Crippen molar-refractivity contribution in [2.24, 2.45) is 0 Å². The lowest BCUT2D eigenvalue weighted by atomic mass is 10.0. The number of amides is 1. The Morgan fingerprint density at radius 1 is 1.36 bits per heavy atom. The fraction of sp³-hybridized carbons (Fsp3) is 0.500. The normalized spacial score (nSPS) is 16.0. The summed E-state index contributed by atoms with van der Waals surface area (Å²) in [6, 6.07) is 7.19. The van der Waals surface area contributed by atoms with Crippen LogP contribution in [0.2, 0.25) is 5.02 Å². The summed E-state index contributed by atoms with van der Waals surface area (Å²) in [5.41, 5.74) is 0.601. The smallest absolute Gasteiger partial charge is 0.317 e. The summed E-state index contributed by atoms with van der Waals surface area (Å²) in [6.45, 7) is 4.02. The Kier molecular flexibility index (Phi) is 5.80. The number of carbonyl (C=O) groups excluding carboxylic acids is 1. The molecule has 1 N–H and O–H groups in total. The van der Waals surface area contributed by atoms with Gasteiger partial charge in [-0.05, 0) is 37.6 Å². The maximum Gasteiger partial charge on any atom is 0.317 e. The standard InChI is InChI=1S/C16H21ClN2O3/c1-2-18(11-15(20)21)14-6-8-19(9-7-14)16(22)12-4-3-5-13(17)10-12/h3-5,10,14H,2,6-9,11H2,1H3,(H,20,21). The number of piperidine rings is 1. The summed E-state index contributed by atoms with van der Waals surface area (Å²) < 4.78 is 0. The second kappa shape index (κ2) is 7.61. The highest BCUT2D eigenvalue weighted by Crippen LogP contribution is 2.19. The zero-order valence-electron chi connectivity index (χ0n) is 12.7. The molecule has 0 aromatic heterocycles. The lowest BCUT2D eigenvalue weighted by Crippen LogP contribution is -2.48. The lowest BCUT2D eigenvalue weighted by molar-refractivity contribution is -0.139. The number of benzene rings is 1. The third-order valence-corrected chi connectivity index (χ3v) is 4.32. The number of carboxylic acid groups (broad SMARTS) is 1. The van der Waals surface area contributed by atoms with Gasteiger partial charge >= 0.3 is 5.97 Å². The van der Waals surface area contributed by atoms with Gasteiger partial charge in [0.2, 0.25) is 0 Å². The highest BCUT2D eigenvalue weighted by atomic mass is 35.5. The van der Waals surface area contributed by atoms with E-state index in [0.29, 0.717) is 30.2 Å². The second-order valence-corrected chi connectivity index (χ2v) is 5.93. The molecule has 1 aromatic carbocycles. The van der Waals surface area contributed by atoms with Crippen LogP contribution in [0.5, 0.6) is 0 Å². The van der Waals surface area contributed by atoms with Crippen LogP contribution in [0.15, 0.2) is 24.3 Å². The van der Waals surface area contributed by atoms with E-state index >= 15 is 0 Å². The van der Waals surface area contributed by atoms with Crippen LogP contribution in [0.25, 0.3) is 0 Å².